The fourth-order valence-electron chi connectivity index (χ4n) is 2.45. The third-order valence-electron chi connectivity index (χ3n) is 3.53. The van der Waals surface area contributed by atoms with Crippen LogP contribution in [0.5, 0.6) is 0 Å². The molecule has 2 heterocycles. The normalized spacial score (nSPS) is 31.1. The molecule has 2 saturated heterocycles. The predicted molar refractivity (Wildman–Crippen MR) is 59.5 cm³/mol. The quantitative estimate of drug-likeness (QED) is 0.687. The molecule has 0 aromatic carbocycles. The molecule has 3 nitrogen and oxygen atoms in total. The zero-order chi connectivity index (χ0) is 9.80. The van der Waals surface area contributed by atoms with Gasteiger partial charge in [-0.25, -0.2) is 0 Å². The highest BCUT2D eigenvalue weighted by Gasteiger charge is 2.19. The molecular formula is C11H23N3. The van der Waals surface area contributed by atoms with E-state index in [1.165, 1.54) is 51.9 Å². The number of hydrogen-bond acceptors (Lipinski definition) is 3. The van der Waals surface area contributed by atoms with Crippen molar-refractivity contribution in [3.05, 3.63) is 0 Å². The Labute approximate surface area is 87.2 Å². The van der Waals surface area contributed by atoms with Crippen molar-refractivity contribution >= 4 is 0 Å². The molecule has 2 aliphatic heterocycles. The molecule has 1 atom stereocenters. The first-order chi connectivity index (χ1) is 6.84. The summed E-state index contributed by atoms with van der Waals surface area (Å²) < 4.78 is 0. The predicted octanol–water partition coefficient (Wildman–Crippen LogP) is 0.422. The molecule has 0 radical (unpaired) electrons. The van der Waals surface area contributed by atoms with Gasteiger partial charge in [0.2, 0.25) is 0 Å². The van der Waals surface area contributed by atoms with Crippen LogP contribution >= 0.6 is 0 Å². The van der Waals surface area contributed by atoms with Gasteiger partial charge >= 0.3 is 0 Å². The van der Waals surface area contributed by atoms with Crippen LogP contribution in [0.25, 0.3) is 0 Å². The number of piperidine rings is 1. The van der Waals surface area contributed by atoms with E-state index in [-0.39, 0.29) is 0 Å². The highest BCUT2D eigenvalue weighted by Crippen LogP contribution is 2.09. The zero-order valence-electron chi connectivity index (χ0n) is 9.26. The van der Waals surface area contributed by atoms with E-state index in [4.69, 9.17) is 0 Å². The van der Waals surface area contributed by atoms with E-state index in [1.54, 1.807) is 0 Å². The summed E-state index contributed by atoms with van der Waals surface area (Å²) >= 11 is 0. The van der Waals surface area contributed by atoms with Gasteiger partial charge in [-0.2, -0.15) is 0 Å². The van der Waals surface area contributed by atoms with Crippen LogP contribution in [0, 0.1) is 0 Å². The summed E-state index contributed by atoms with van der Waals surface area (Å²) in [6.07, 6.45) is 5.37. The van der Waals surface area contributed by atoms with Gasteiger partial charge in [-0.1, -0.05) is 0 Å². The van der Waals surface area contributed by atoms with Crippen molar-refractivity contribution < 1.29 is 0 Å². The third-order valence-corrected chi connectivity index (χ3v) is 3.53. The molecule has 14 heavy (non-hydrogen) atoms. The summed E-state index contributed by atoms with van der Waals surface area (Å²) in [5.41, 5.74) is 0. The first-order valence-electron chi connectivity index (χ1n) is 6.00. The first kappa shape index (κ1) is 10.4. The maximum absolute atomic E-state index is 3.69. The average molecular weight is 197 g/mol. The number of likely N-dealkylation sites (tertiary alicyclic amines) is 1. The van der Waals surface area contributed by atoms with Crippen LogP contribution in [0.4, 0.5) is 0 Å². The lowest BCUT2D eigenvalue weighted by atomic mass is 10.1. The molecule has 0 aliphatic carbocycles. The summed E-state index contributed by atoms with van der Waals surface area (Å²) in [4.78, 5) is 2.42. The first-order valence-corrected chi connectivity index (χ1v) is 6.00. The minimum atomic E-state index is 0.745. The van der Waals surface area contributed by atoms with Gasteiger partial charge in [-0.3, -0.25) is 0 Å². The van der Waals surface area contributed by atoms with Crippen molar-refractivity contribution in [3.63, 3.8) is 0 Å². The maximum Gasteiger partial charge on any atom is 0.0193 e. The lowest BCUT2D eigenvalue weighted by Crippen LogP contribution is -2.45. The lowest BCUT2D eigenvalue weighted by Gasteiger charge is -2.30. The molecular weight excluding hydrogens is 174 g/mol. The van der Waals surface area contributed by atoms with E-state index in [2.05, 4.69) is 22.6 Å². The SMILES string of the molecule is CN1CCC(NCC2CCCN2)CC1. The molecule has 0 aromatic rings. The largest absolute Gasteiger partial charge is 0.313 e. The van der Waals surface area contributed by atoms with Crippen LogP contribution in [0.15, 0.2) is 0 Å². The topological polar surface area (TPSA) is 27.3 Å². The van der Waals surface area contributed by atoms with Crippen molar-refractivity contribution in [2.45, 2.75) is 37.8 Å². The number of nitrogens with one attached hydrogen (secondary N) is 2. The van der Waals surface area contributed by atoms with Crippen molar-refractivity contribution in [2.75, 3.05) is 33.2 Å². The monoisotopic (exact) mass is 197 g/mol. The molecule has 0 aromatic heterocycles. The Morgan fingerprint density at radius 1 is 1.29 bits per heavy atom. The molecule has 3 heteroatoms. The zero-order valence-corrected chi connectivity index (χ0v) is 9.26. The van der Waals surface area contributed by atoms with Gasteiger partial charge in [-0.15, -0.1) is 0 Å². The van der Waals surface area contributed by atoms with Gasteiger partial charge in [0, 0.05) is 18.6 Å². The third kappa shape index (κ3) is 2.94. The van der Waals surface area contributed by atoms with Gasteiger partial charge in [0.25, 0.3) is 0 Å². The van der Waals surface area contributed by atoms with Gasteiger partial charge < -0.3 is 15.5 Å². The Morgan fingerprint density at radius 3 is 2.71 bits per heavy atom. The highest BCUT2D eigenvalue weighted by molar-refractivity contribution is 4.81. The second-order valence-electron chi connectivity index (χ2n) is 4.78. The van der Waals surface area contributed by atoms with Crippen molar-refractivity contribution in [1.82, 2.24) is 15.5 Å². The summed E-state index contributed by atoms with van der Waals surface area (Å²) in [6, 6.07) is 1.52. The van der Waals surface area contributed by atoms with Crippen LogP contribution in [-0.4, -0.2) is 50.2 Å². The van der Waals surface area contributed by atoms with Gasteiger partial charge in [0.1, 0.15) is 0 Å². The Hall–Kier alpha value is -0.120. The smallest absolute Gasteiger partial charge is 0.0193 e. The molecule has 0 bridgehead atoms. The van der Waals surface area contributed by atoms with Crippen LogP contribution in [-0.2, 0) is 0 Å². The second-order valence-corrected chi connectivity index (χ2v) is 4.78. The van der Waals surface area contributed by atoms with E-state index in [9.17, 15) is 0 Å². The molecule has 2 fully saturated rings. The Bertz CT molecular complexity index is 158. The standard InChI is InChI=1S/C11H23N3/c1-14-7-4-10(5-8-14)13-9-11-3-2-6-12-11/h10-13H,2-9H2,1H3. The molecule has 0 amide bonds. The number of hydrogen-bond donors (Lipinski definition) is 2. The van der Waals surface area contributed by atoms with Crippen LogP contribution in [0.3, 0.4) is 0 Å². The summed E-state index contributed by atoms with van der Waals surface area (Å²) in [6.45, 7) is 4.92. The Kier molecular flexibility index (Phi) is 3.79. The van der Waals surface area contributed by atoms with Gasteiger partial charge in [-0.05, 0) is 52.4 Å². The molecule has 0 spiro atoms. The average Bonchev–Trinajstić information content (AvgIpc) is 2.70. The minimum absolute atomic E-state index is 0.745. The number of rotatable bonds is 3. The highest BCUT2D eigenvalue weighted by atomic mass is 15.1. The van der Waals surface area contributed by atoms with Crippen molar-refractivity contribution in [2.24, 2.45) is 0 Å². The van der Waals surface area contributed by atoms with Crippen LogP contribution < -0.4 is 10.6 Å². The van der Waals surface area contributed by atoms with E-state index in [0.29, 0.717) is 0 Å². The van der Waals surface area contributed by atoms with Crippen LogP contribution in [0.1, 0.15) is 25.7 Å². The van der Waals surface area contributed by atoms with E-state index < -0.39 is 0 Å². The second kappa shape index (κ2) is 5.10. The molecule has 2 aliphatic rings. The molecule has 2 N–H and O–H groups in total. The molecule has 82 valence electrons. The molecule has 0 saturated carbocycles. The van der Waals surface area contributed by atoms with E-state index in [0.717, 1.165) is 12.1 Å². The van der Waals surface area contributed by atoms with Gasteiger partial charge in [0.05, 0.1) is 0 Å². The summed E-state index contributed by atoms with van der Waals surface area (Å²) in [5.74, 6) is 0. The Morgan fingerprint density at radius 2 is 2.07 bits per heavy atom. The lowest BCUT2D eigenvalue weighted by molar-refractivity contribution is 0.232. The van der Waals surface area contributed by atoms with E-state index >= 15 is 0 Å². The fourth-order valence-corrected chi connectivity index (χ4v) is 2.45. The fraction of sp³-hybridized carbons (Fsp3) is 1.00. The Balaban J connectivity index is 1.60. The van der Waals surface area contributed by atoms with Crippen LogP contribution in [0.2, 0.25) is 0 Å². The molecule has 2 rings (SSSR count). The summed E-state index contributed by atoms with van der Waals surface area (Å²) in [7, 11) is 2.22. The maximum atomic E-state index is 3.69. The molecule has 1 unspecified atom stereocenters. The van der Waals surface area contributed by atoms with Crippen molar-refractivity contribution in [1.29, 1.82) is 0 Å². The van der Waals surface area contributed by atoms with Gasteiger partial charge in [0.15, 0.2) is 0 Å². The summed E-state index contributed by atoms with van der Waals surface area (Å²) in [5, 5.41) is 7.23. The minimum Gasteiger partial charge on any atom is -0.313 e. The number of nitrogens with zero attached hydrogens (tertiary/aromatic N) is 1. The van der Waals surface area contributed by atoms with E-state index in [1.807, 2.05) is 0 Å². The van der Waals surface area contributed by atoms with Crippen molar-refractivity contribution in [3.8, 4) is 0 Å².